The van der Waals surface area contributed by atoms with E-state index in [2.05, 4.69) is 0 Å². The Hall–Kier alpha value is -1.43. The van der Waals surface area contributed by atoms with Gasteiger partial charge in [-0.1, -0.05) is 6.42 Å². The first kappa shape index (κ1) is 12.6. The molecule has 4 atom stereocenters. The number of aliphatic carboxylic acids is 1. The molecule has 1 saturated carbocycles. The van der Waals surface area contributed by atoms with Crippen LogP contribution in [0.2, 0.25) is 0 Å². The van der Waals surface area contributed by atoms with E-state index in [-0.39, 0.29) is 17.9 Å². The number of carbonyl (C=O) groups is 3. The highest BCUT2D eigenvalue weighted by Crippen LogP contribution is 2.34. The largest absolute Gasteiger partial charge is 0.481 e. The van der Waals surface area contributed by atoms with Gasteiger partial charge in [-0.25, -0.2) is 0 Å². The van der Waals surface area contributed by atoms with Gasteiger partial charge in [-0.05, 0) is 32.1 Å². The zero-order chi connectivity index (χ0) is 13.6. The third-order valence-corrected chi connectivity index (χ3v) is 4.41. The fourth-order valence-corrected chi connectivity index (χ4v) is 3.40. The number of hydrogen-bond acceptors (Lipinski definition) is 4. The predicted molar refractivity (Wildman–Crippen MR) is 63.1 cm³/mol. The van der Waals surface area contributed by atoms with Gasteiger partial charge >= 0.3 is 5.97 Å². The van der Waals surface area contributed by atoms with Crippen LogP contribution in [0.3, 0.4) is 0 Å². The van der Waals surface area contributed by atoms with Crippen LogP contribution in [0.5, 0.6) is 0 Å². The topological polar surface area (TPSA) is 83.9 Å². The number of nitrogens with zero attached hydrogens (tertiary/aromatic N) is 1. The summed E-state index contributed by atoms with van der Waals surface area (Å²) in [4.78, 5) is 36.8. The Kier molecular flexibility index (Phi) is 3.05. The normalized spacial score (nSPS) is 38.6. The van der Waals surface area contributed by atoms with Gasteiger partial charge in [0.1, 0.15) is 12.2 Å². The van der Waals surface area contributed by atoms with Gasteiger partial charge in [0.25, 0.3) is 11.8 Å². The lowest BCUT2D eigenvalue weighted by atomic mass is 9.84. The molecular weight excluding hydrogens is 250 g/mol. The van der Waals surface area contributed by atoms with Crippen LogP contribution in [-0.4, -0.2) is 46.0 Å². The van der Waals surface area contributed by atoms with Crippen LogP contribution in [0.4, 0.5) is 0 Å². The third kappa shape index (κ3) is 2.04. The number of morpholine rings is 1. The van der Waals surface area contributed by atoms with Crippen molar-refractivity contribution in [3.05, 3.63) is 0 Å². The van der Waals surface area contributed by atoms with E-state index in [1.807, 2.05) is 0 Å². The Labute approximate surface area is 110 Å². The molecule has 19 heavy (non-hydrogen) atoms. The number of likely N-dealkylation sites (tertiary alicyclic amines) is 1. The monoisotopic (exact) mass is 267 g/mol. The van der Waals surface area contributed by atoms with Crippen LogP contribution >= 0.6 is 0 Å². The number of carboxylic acids is 1. The van der Waals surface area contributed by atoms with Crippen LogP contribution in [0.15, 0.2) is 0 Å². The summed E-state index contributed by atoms with van der Waals surface area (Å²) >= 11 is 0. The van der Waals surface area contributed by atoms with E-state index in [1.54, 1.807) is 0 Å². The van der Waals surface area contributed by atoms with Gasteiger partial charge in [-0.15, -0.1) is 0 Å². The molecule has 0 radical (unpaired) electrons. The van der Waals surface area contributed by atoms with Crippen molar-refractivity contribution in [3.63, 3.8) is 0 Å². The van der Waals surface area contributed by atoms with Gasteiger partial charge in [-0.3, -0.25) is 19.3 Å². The molecule has 2 saturated heterocycles. The first-order valence-electron chi connectivity index (χ1n) is 6.83. The summed E-state index contributed by atoms with van der Waals surface area (Å²) in [6, 6.07) is -0.262. The average Bonchev–Trinajstić information content (AvgIpc) is 2.84. The standard InChI is InChI=1S/C13H17NO5/c15-11-9-4-5-10(19-9)12(16)14(11)8-3-1-2-7(6-8)13(17)18/h7-10H,1-6H2,(H,17,18). The number of fused-ring (bicyclic) bond motifs is 2. The minimum atomic E-state index is -0.833. The Morgan fingerprint density at radius 2 is 1.74 bits per heavy atom. The molecular formula is C13H17NO5. The van der Waals surface area contributed by atoms with Crippen molar-refractivity contribution < 1.29 is 24.2 Å². The second kappa shape index (κ2) is 4.59. The van der Waals surface area contributed by atoms with E-state index in [0.717, 1.165) is 6.42 Å². The number of carbonyl (C=O) groups excluding carboxylic acids is 2. The van der Waals surface area contributed by atoms with Gasteiger partial charge in [0.05, 0.1) is 5.92 Å². The molecule has 3 fully saturated rings. The van der Waals surface area contributed by atoms with Gasteiger partial charge in [-0.2, -0.15) is 0 Å². The Morgan fingerprint density at radius 3 is 2.32 bits per heavy atom. The highest BCUT2D eigenvalue weighted by Gasteiger charge is 2.49. The summed E-state index contributed by atoms with van der Waals surface area (Å²) in [7, 11) is 0. The molecule has 1 N–H and O–H groups in total. The molecule has 0 aromatic rings. The minimum Gasteiger partial charge on any atom is -0.481 e. The first-order chi connectivity index (χ1) is 9.08. The zero-order valence-corrected chi connectivity index (χ0v) is 10.6. The first-order valence-corrected chi connectivity index (χ1v) is 6.83. The van der Waals surface area contributed by atoms with Crippen LogP contribution in [0.1, 0.15) is 38.5 Å². The van der Waals surface area contributed by atoms with Crippen molar-refractivity contribution >= 4 is 17.8 Å². The highest BCUT2D eigenvalue weighted by atomic mass is 16.5. The summed E-state index contributed by atoms with van der Waals surface area (Å²) in [5.41, 5.74) is 0. The zero-order valence-electron chi connectivity index (χ0n) is 10.6. The fourth-order valence-electron chi connectivity index (χ4n) is 3.40. The molecule has 2 heterocycles. The van der Waals surface area contributed by atoms with Crippen LogP contribution in [-0.2, 0) is 19.1 Å². The molecule has 1 aliphatic carbocycles. The van der Waals surface area contributed by atoms with E-state index in [0.29, 0.717) is 32.1 Å². The Morgan fingerprint density at radius 1 is 1.11 bits per heavy atom. The third-order valence-electron chi connectivity index (χ3n) is 4.41. The maximum atomic E-state index is 12.2. The summed E-state index contributed by atoms with van der Waals surface area (Å²) in [6.45, 7) is 0. The van der Waals surface area contributed by atoms with Crippen molar-refractivity contribution in [1.29, 1.82) is 0 Å². The maximum absolute atomic E-state index is 12.2. The van der Waals surface area contributed by atoms with Crippen molar-refractivity contribution in [2.24, 2.45) is 5.92 Å². The maximum Gasteiger partial charge on any atom is 0.306 e. The number of rotatable bonds is 2. The number of imide groups is 1. The molecule has 0 aromatic heterocycles. The summed E-state index contributed by atoms with van der Waals surface area (Å²) in [5, 5.41) is 9.09. The van der Waals surface area contributed by atoms with Gasteiger partial charge < -0.3 is 9.84 Å². The molecule has 2 bridgehead atoms. The number of amides is 2. The van der Waals surface area contributed by atoms with Crippen LogP contribution in [0.25, 0.3) is 0 Å². The lowest BCUT2D eigenvalue weighted by Crippen LogP contribution is -2.57. The number of hydrogen-bond donors (Lipinski definition) is 1. The number of ether oxygens (including phenoxy) is 1. The molecule has 4 unspecified atom stereocenters. The van der Waals surface area contributed by atoms with E-state index >= 15 is 0 Å². The Bertz CT molecular complexity index is 413. The molecule has 6 nitrogen and oxygen atoms in total. The van der Waals surface area contributed by atoms with Crippen molar-refractivity contribution in [1.82, 2.24) is 4.90 Å². The minimum absolute atomic E-state index is 0.262. The molecule has 0 spiro atoms. The Balaban J connectivity index is 1.79. The van der Waals surface area contributed by atoms with E-state index in [4.69, 9.17) is 9.84 Å². The van der Waals surface area contributed by atoms with E-state index in [9.17, 15) is 14.4 Å². The van der Waals surface area contributed by atoms with Crippen molar-refractivity contribution in [2.45, 2.75) is 56.8 Å². The number of carboxylic acid groups (broad SMARTS) is 1. The molecule has 3 rings (SSSR count). The molecule has 6 heteroatoms. The van der Waals surface area contributed by atoms with Gasteiger partial charge in [0.15, 0.2) is 0 Å². The molecule has 2 aliphatic heterocycles. The van der Waals surface area contributed by atoms with Crippen molar-refractivity contribution in [2.75, 3.05) is 0 Å². The summed E-state index contributed by atoms with van der Waals surface area (Å²) in [5.74, 6) is -1.81. The van der Waals surface area contributed by atoms with E-state index in [1.165, 1.54) is 4.90 Å². The summed E-state index contributed by atoms with van der Waals surface area (Å²) in [6.07, 6.45) is 2.68. The second-order valence-corrected chi connectivity index (χ2v) is 5.59. The summed E-state index contributed by atoms with van der Waals surface area (Å²) < 4.78 is 5.36. The SMILES string of the molecule is O=C(O)C1CCCC(N2C(=O)C3CCC(O3)C2=O)C1. The molecule has 104 valence electrons. The lowest BCUT2D eigenvalue weighted by Gasteiger charge is -2.39. The molecule has 0 aromatic carbocycles. The smallest absolute Gasteiger partial charge is 0.306 e. The van der Waals surface area contributed by atoms with E-state index < -0.39 is 24.1 Å². The van der Waals surface area contributed by atoms with Crippen molar-refractivity contribution in [3.8, 4) is 0 Å². The molecule has 3 aliphatic rings. The second-order valence-electron chi connectivity index (χ2n) is 5.59. The average molecular weight is 267 g/mol. The predicted octanol–water partition coefficient (Wildman–Crippen LogP) is 0.546. The van der Waals surface area contributed by atoms with Gasteiger partial charge in [0, 0.05) is 6.04 Å². The molecule has 2 amide bonds. The van der Waals surface area contributed by atoms with Gasteiger partial charge in [0.2, 0.25) is 0 Å². The van der Waals surface area contributed by atoms with Crippen LogP contribution in [0, 0.1) is 5.92 Å². The van der Waals surface area contributed by atoms with Crippen LogP contribution < -0.4 is 0 Å². The fraction of sp³-hybridized carbons (Fsp3) is 0.769. The quantitative estimate of drug-likeness (QED) is 0.738. The highest BCUT2D eigenvalue weighted by molar-refractivity contribution is 6.02. The lowest BCUT2D eigenvalue weighted by molar-refractivity contribution is -0.173.